The fraction of sp³-hybridized carbons (Fsp3) is 0.250. The predicted octanol–water partition coefficient (Wildman–Crippen LogP) is 1.42. The minimum atomic E-state index is -0.480. The highest BCUT2D eigenvalue weighted by Crippen LogP contribution is 2.15. The fourth-order valence-electron chi connectivity index (χ4n) is 2.22. The summed E-state index contributed by atoms with van der Waals surface area (Å²) >= 11 is 0. The zero-order valence-electron chi connectivity index (χ0n) is 12.1. The van der Waals surface area contributed by atoms with Crippen molar-refractivity contribution in [2.24, 2.45) is 5.73 Å². The van der Waals surface area contributed by atoms with Crippen molar-refractivity contribution >= 4 is 11.6 Å². The minimum Gasteiger partial charge on any atom is -0.377 e. The van der Waals surface area contributed by atoms with Gasteiger partial charge in [0.15, 0.2) is 12.4 Å². The van der Waals surface area contributed by atoms with Crippen LogP contribution in [-0.4, -0.2) is 20.0 Å². The first-order valence-electron chi connectivity index (χ1n) is 6.53. The van der Waals surface area contributed by atoms with Crippen LogP contribution in [0, 0.1) is 6.92 Å². The molecule has 2 aromatic rings. The average Bonchev–Trinajstić information content (AvgIpc) is 2.39. The molecule has 0 bridgehead atoms. The molecular formula is C16H20N3O+. The number of carbonyl (C=O) groups is 1. The van der Waals surface area contributed by atoms with E-state index in [-0.39, 0.29) is 5.91 Å². The summed E-state index contributed by atoms with van der Waals surface area (Å²) in [6.45, 7) is 2.00. The standard InChI is InChI=1S/C16H19N3O/c1-12-5-4-6-13(11-12)15(16(17)20)19-9-7-14(8-10-19)18(2)3/h4-11,15H,1-3H3,(H-,17,20)/p+1. The van der Waals surface area contributed by atoms with Gasteiger partial charge in [-0.2, -0.15) is 4.57 Å². The van der Waals surface area contributed by atoms with E-state index >= 15 is 0 Å². The van der Waals surface area contributed by atoms with E-state index in [1.807, 2.05) is 79.3 Å². The number of rotatable bonds is 4. The van der Waals surface area contributed by atoms with Gasteiger partial charge in [-0.15, -0.1) is 0 Å². The largest absolute Gasteiger partial charge is 0.377 e. The summed E-state index contributed by atoms with van der Waals surface area (Å²) < 4.78 is 1.84. The summed E-state index contributed by atoms with van der Waals surface area (Å²) in [5, 5.41) is 0. The third-order valence-corrected chi connectivity index (χ3v) is 3.28. The second-order valence-electron chi connectivity index (χ2n) is 5.12. The molecule has 0 spiro atoms. The molecular weight excluding hydrogens is 250 g/mol. The molecule has 0 radical (unpaired) electrons. The van der Waals surface area contributed by atoms with Crippen LogP contribution in [0.4, 0.5) is 5.69 Å². The molecule has 104 valence electrons. The number of hydrogen-bond donors (Lipinski definition) is 1. The van der Waals surface area contributed by atoms with Gasteiger partial charge in [-0.05, 0) is 13.0 Å². The van der Waals surface area contributed by atoms with Crippen molar-refractivity contribution in [3.05, 3.63) is 59.9 Å². The summed E-state index contributed by atoms with van der Waals surface area (Å²) in [4.78, 5) is 13.8. The van der Waals surface area contributed by atoms with E-state index in [2.05, 4.69) is 0 Å². The van der Waals surface area contributed by atoms with Crippen LogP contribution in [0.2, 0.25) is 0 Å². The quantitative estimate of drug-likeness (QED) is 0.854. The van der Waals surface area contributed by atoms with Crippen molar-refractivity contribution in [3.8, 4) is 0 Å². The maximum atomic E-state index is 11.8. The van der Waals surface area contributed by atoms with Crippen LogP contribution in [0.1, 0.15) is 17.2 Å². The lowest BCUT2D eigenvalue weighted by Crippen LogP contribution is -2.47. The second-order valence-corrected chi connectivity index (χ2v) is 5.12. The van der Waals surface area contributed by atoms with E-state index < -0.39 is 6.04 Å². The number of aromatic nitrogens is 1. The van der Waals surface area contributed by atoms with Crippen molar-refractivity contribution in [2.45, 2.75) is 13.0 Å². The molecule has 1 aromatic carbocycles. The minimum absolute atomic E-state index is 0.363. The SMILES string of the molecule is Cc1cccc(C(C(N)=O)[n+]2ccc(N(C)C)cc2)c1. The van der Waals surface area contributed by atoms with E-state index in [1.54, 1.807) is 0 Å². The van der Waals surface area contributed by atoms with Gasteiger partial charge in [0.1, 0.15) is 0 Å². The number of benzene rings is 1. The Kier molecular flexibility index (Phi) is 4.03. The van der Waals surface area contributed by atoms with Crippen molar-refractivity contribution in [1.29, 1.82) is 0 Å². The van der Waals surface area contributed by atoms with E-state index in [0.29, 0.717) is 0 Å². The van der Waals surface area contributed by atoms with Crippen LogP contribution in [0.25, 0.3) is 0 Å². The van der Waals surface area contributed by atoms with E-state index in [9.17, 15) is 4.79 Å². The summed E-state index contributed by atoms with van der Waals surface area (Å²) in [6.07, 6.45) is 3.76. The van der Waals surface area contributed by atoms with Gasteiger partial charge in [0, 0.05) is 37.5 Å². The lowest BCUT2D eigenvalue weighted by molar-refractivity contribution is -0.700. The molecule has 0 saturated heterocycles. The van der Waals surface area contributed by atoms with Crippen molar-refractivity contribution in [2.75, 3.05) is 19.0 Å². The van der Waals surface area contributed by atoms with Gasteiger partial charge in [0.25, 0.3) is 11.9 Å². The van der Waals surface area contributed by atoms with Gasteiger partial charge in [-0.1, -0.05) is 23.8 Å². The molecule has 2 rings (SSSR count). The molecule has 0 fully saturated rings. The van der Waals surface area contributed by atoms with Crippen LogP contribution in [0.15, 0.2) is 48.8 Å². The third kappa shape index (κ3) is 2.96. The maximum Gasteiger partial charge on any atom is 0.291 e. The highest BCUT2D eigenvalue weighted by atomic mass is 16.1. The van der Waals surface area contributed by atoms with Crippen molar-refractivity contribution < 1.29 is 9.36 Å². The molecule has 1 atom stereocenters. The van der Waals surface area contributed by atoms with E-state index in [0.717, 1.165) is 16.8 Å². The van der Waals surface area contributed by atoms with Gasteiger partial charge in [-0.25, -0.2) is 0 Å². The van der Waals surface area contributed by atoms with Gasteiger partial charge >= 0.3 is 0 Å². The van der Waals surface area contributed by atoms with Crippen molar-refractivity contribution in [3.63, 3.8) is 0 Å². The zero-order valence-corrected chi connectivity index (χ0v) is 12.1. The molecule has 0 aliphatic rings. The van der Waals surface area contributed by atoms with Crippen LogP contribution < -0.4 is 15.2 Å². The number of nitrogens with zero attached hydrogens (tertiary/aromatic N) is 2. The zero-order chi connectivity index (χ0) is 14.7. The summed E-state index contributed by atoms with van der Waals surface area (Å²) in [6, 6.07) is 11.3. The number of anilines is 1. The Hall–Kier alpha value is -2.36. The first kappa shape index (κ1) is 14.1. The van der Waals surface area contributed by atoms with Gasteiger partial charge in [-0.3, -0.25) is 4.79 Å². The Morgan fingerprint density at radius 3 is 2.35 bits per heavy atom. The molecule has 4 heteroatoms. The molecule has 4 nitrogen and oxygen atoms in total. The van der Waals surface area contributed by atoms with Crippen molar-refractivity contribution in [1.82, 2.24) is 0 Å². The van der Waals surface area contributed by atoms with Gasteiger partial charge < -0.3 is 10.6 Å². The molecule has 1 amide bonds. The Morgan fingerprint density at radius 1 is 1.20 bits per heavy atom. The predicted molar refractivity (Wildman–Crippen MR) is 79.5 cm³/mol. The second kappa shape index (κ2) is 5.74. The van der Waals surface area contributed by atoms with Crippen LogP contribution in [0.5, 0.6) is 0 Å². The van der Waals surface area contributed by atoms with Gasteiger partial charge in [0.2, 0.25) is 0 Å². The topological polar surface area (TPSA) is 50.2 Å². The molecule has 0 aliphatic heterocycles. The normalized spacial score (nSPS) is 11.9. The Bertz CT molecular complexity index is 605. The number of amides is 1. The summed E-state index contributed by atoms with van der Waals surface area (Å²) in [7, 11) is 3.96. The molecule has 1 heterocycles. The highest BCUT2D eigenvalue weighted by molar-refractivity contribution is 5.80. The lowest BCUT2D eigenvalue weighted by atomic mass is 10.0. The van der Waals surface area contributed by atoms with Crippen LogP contribution >= 0.6 is 0 Å². The third-order valence-electron chi connectivity index (χ3n) is 3.28. The maximum absolute atomic E-state index is 11.8. The molecule has 1 unspecified atom stereocenters. The molecule has 0 saturated carbocycles. The molecule has 0 aliphatic carbocycles. The average molecular weight is 270 g/mol. The van der Waals surface area contributed by atoms with Crippen LogP contribution in [0.3, 0.4) is 0 Å². The number of primary amides is 1. The highest BCUT2D eigenvalue weighted by Gasteiger charge is 2.27. The van der Waals surface area contributed by atoms with E-state index in [1.165, 1.54) is 0 Å². The number of carbonyl (C=O) groups excluding carboxylic acids is 1. The lowest BCUT2D eigenvalue weighted by Gasteiger charge is -2.13. The Morgan fingerprint density at radius 2 is 1.85 bits per heavy atom. The number of aryl methyl sites for hydroxylation is 1. The number of hydrogen-bond acceptors (Lipinski definition) is 2. The molecule has 2 N–H and O–H groups in total. The number of pyridine rings is 1. The Balaban J connectivity index is 2.41. The van der Waals surface area contributed by atoms with Gasteiger partial charge in [0.05, 0.1) is 0 Å². The summed E-state index contributed by atoms with van der Waals surface area (Å²) in [5.74, 6) is -0.363. The summed E-state index contributed by atoms with van der Waals surface area (Å²) in [5.41, 5.74) is 8.67. The van der Waals surface area contributed by atoms with E-state index in [4.69, 9.17) is 5.73 Å². The molecule has 20 heavy (non-hydrogen) atoms. The number of nitrogens with two attached hydrogens (primary N) is 1. The molecule has 1 aromatic heterocycles. The van der Waals surface area contributed by atoms with Crippen LogP contribution in [-0.2, 0) is 4.79 Å². The Labute approximate surface area is 119 Å². The fourth-order valence-corrected chi connectivity index (χ4v) is 2.22. The first-order chi connectivity index (χ1) is 9.49. The smallest absolute Gasteiger partial charge is 0.291 e. The first-order valence-corrected chi connectivity index (χ1v) is 6.53. The monoisotopic (exact) mass is 270 g/mol.